The third-order valence-corrected chi connectivity index (χ3v) is 2.07. The Kier molecular flexibility index (Phi) is 2.81. The summed E-state index contributed by atoms with van der Waals surface area (Å²) in [5.41, 5.74) is 1.19. The third kappa shape index (κ3) is 2.00. The standard InChI is InChI=1S/C10H11N5O/c1-11-8-2-3-12-6-7(8)9(16)15-10-13-4-5-14-10/h2-6H,1H3,(H,11,12)(H2,13,14,15,16). The molecule has 0 unspecified atom stereocenters. The summed E-state index contributed by atoms with van der Waals surface area (Å²) in [6.45, 7) is 0. The summed E-state index contributed by atoms with van der Waals surface area (Å²) in [5.74, 6) is 0.156. The second kappa shape index (κ2) is 4.43. The van der Waals surface area contributed by atoms with Gasteiger partial charge in [0.1, 0.15) is 0 Å². The number of anilines is 2. The number of carbonyl (C=O) groups excluding carboxylic acids is 1. The van der Waals surface area contributed by atoms with Crippen LogP contribution < -0.4 is 10.6 Å². The molecular formula is C10H11N5O. The summed E-state index contributed by atoms with van der Waals surface area (Å²) in [7, 11) is 1.75. The lowest BCUT2D eigenvalue weighted by Crippen LogP contribution is -2.15. The Labute approximate surface area is 92.1 Å². The van der Waals surface area contributed by atoms with Crippen molar-refractivity contribution in [3.8, 4) is 0 Å². The Morgan fingerprint density at radius 3 is 3.00 bits per heavy atom. The molecule has 2 aromatic rings. The van der Waals surface area contributed by atoms with Crippen LogP contribution in [0.2, 0.25) is 0 Å². The van der Waals surface area contributed by atoms with Crippen LogP contribution in [-0.4, -0.2) is 27.9 Å². The van der Waals surface area contributed by atoms with Crippen molar-refractivity contribution in [2.45, 2.75) is 0 Å². The van der Waals surface area contributed by atoms with Gasteiger partial charge in [0.25, 0.3) is 5.91 Å². The number of hydrogen-bond acceptors (Lipinski definition) is 4. The Balaban J connectivity index is 2.21. The molecule has 0 radical (unpaired) electrons. The van der Waals surface area contributed by atoms with Gasteiger partial charge in [-0.1, -0.05) is 0 Å². The molecule has 0 aliphatic heterocycles. The van der Waals surface area contributed by atoms with Crippen LogP contribution in [0, 0.1) is 0 Å². The summed E-state index contributed by atoms with van der Waals surface area (Å²) in [4.78, 5) is 22.5. The minimum atomic E-state index is -0.257. The van der Waals surface area contributed by atoms with Crippen molar-refractivity contribution in [1.82, 2.24) is 15.0 Å². The van der Waals surface area contributed by atoms with Gasteiger partial charge in [0, 0.05) is 37.5 Å². The van der Waals surface area contributed by atoms with Gasteiger partial charge in [-0.3, -0.25) is 15.1 Å². The van der Waals surface area contributed by atoms with Gasteiger partial charge in [-0.25, -0.2) is 4.98 Å². The zero-order valence-corrected chi connectivity index (χ0v) is 8.69. The maximum absolute atomic E-state index is 11.8. The first kappa shape index (κ1) is 10.2. The quantitative estimate of drug-likeness (QED) is 0.719. The van der Waals surface area contributed by atoms with E-state index in [9.17, 15) is 4.79 Å². The minimum absolute atomic E-state index is 0.257. The molecule has 0 spiro atoms. The van der Waals surface area contributed by atoms with Crippen molar-refractivity contribution in [3.63, 3.8) is 0 Å². The Morgan fingerprint density at radius 1 is 1.44 bits per heavy atom. The molecule has 0 aromatic carbocycles. The summed E-state index contributed by atoms with van der Waals surface area (Å²) in [6, 6.07) is 1.73. The number of nitrogens with one attached hydrogen (secondary N) is 3. The van der Waals surface area contributed by atoms with E-state index in [2.05, 4.69) is 25.6 Å². The number of imidazole rings is 1. The fraction of sp³-hybridized carbons (Fsp3) is 0.100. The molecule has 2 aromatic heterocycles. The van der Waals surface area contributed by atoms with Gasteiger partial charge >= 0.3 is 0 Å². The maximum Gasteiger partial charge on any atom is 0.261 e. The van der Waals surface area contributed by atoms with E-state index in [1.165, 1.54) is 6.20 Å². The molecule has 82 valence electrons. The van der Waals surface area contributed by atoms with Crippen molar-refractivity contribution in [2.75, 3.05) is 17.7 Å². The topological polar surface area (TPSA) is 82.7 Å². The highest BCUT2D eigenvalue weighted by atomic mass is 16.1. The van der Waals surface area contributed by atoms with Crippen LogP contribution in [0.15, 0.2) is 30.9 Å². The monoisotopic (exact) mass is 217 g/mol. The van der Waals surface area contributed by atoms with Gasteiger partial charge in [0.2, 0.25) is 5.95 Å². The second-order valence-electron chi connectivity index (χ2n) is 3.06. The fourth-order valence-corrected chi connectivity index (χ4v) is 1.30. The van der Waals surface area contributed by atoms with E-state index in [1.807, 2.05) is 0 Å². The molecule has 6 heteroatoms. The van der Waals surface area contributed by atoms with E-state index < -0.39 is 0 Å². The van der Waals surface area contributed by atoms with Gasteiger partial charge in [-0.2, -0.15) is 0 Å². The van der Waals surface area contributed by atoms with E-state index in [-0.39, 0.29) is 5.91 Å². The van der Waals surface area contributed by atoms with E-state index in [1.54, 1.807) is 31.7 Å². The van der Waals surface area contributed by atoms with Gasteiger partial charge in [-0.05, 0) is 6.07 Å². The first-order valence-electron chi connectivity index (χ1n) is 4.74. The SMILES string of the molecule is CNc1ccncc1C(=O)Nc1ncc[nH]1. The maximum atomic E-state index is 11.8. The lowest BCUT2D eigenvalue weighted by molar-refractivity contribution is 0.102. The largest absolute Gasteiger partial charge is 0.387 e. The summed E-state index contributed by atoms with van der Waals surface area (Å²) < 4.78 is 0. The molecule has 2 rings (SSSR count). The number of aromatic nitrogens is 3. The summed E-state index contributed by atoms with van der Waals surface area (Å²) in [6.07, 6.45) is 6.33. The number of H-pyrrole nitrogens is 1. The normalized spacial score (nSPS) is 9.81. The van der Waals surface area contributed by atoms with Crippen molar-refractivity contribution in [2.24, 2.45) is 0 Å². The number of carbonyl (C=O) groups is 1. The zero-order valence-electron chi connectivity index (χ0n) is 8.69. The molecule has 0 atom stereocenters. The van der Waals surface area contributed by atoms with E-state index in [0.29, 0.717) is 11.5 Å². The van der Waals surface area contributed by atoms with Gasteiger partial charge in [0.15, 0.2) is 0 Å². The molecule has 0 saturated heterocycles. The lowest BCUT2D eigenvalue weighted by Gasteiger charge is -2.07. The minimum Gasteiger partial charge on any atom is -0.387 e. The smallest absolute Gasteiger partial charge is 0.261 e. The molecule has 1 amide bonds. The van der Waals surface area contributed by atoms with E-state index in [4.69, 9.17) is 0 Å². The second-order valence-corrected chi connectivity index (χ2v) is 3.06. The highest BCUT2D eigenvalue weighted by molar-refractivity contribution is 6.06. The first-order chi connectivity index (χ1) is 7.81. The number of aromatic amines is 1. The first-order valence-corrected chi connectivity index (χ1v) is 4.74. The number of pyridine rings is 1. The van der Waals surface area contributed by atoms with Crippen molar-refractivity contribution in [1.29, 1.82) is 0 Å². The predicted octanol–water partition coefficient (Wildman–Crippen LogP) is 1.10. The molecular weight excluding hydrogens is 206 g/mol. The molecule has 2 heterocycles. The van der Waals surface area contributed by atoms with Gasteiger partial charge in [0.05, 0.1) is 5.56 Å². The molecule has 0 fully saturated rings. The number of nitrogens with zero attached hydrogens (tertiary/aromatic N) is 2. The average Bonchev–Trinajstić information content (AvgIpc) is 2.81. The predicted molar refractivity (Wildman–Crippen MR) is 60.3 cm³/mol. The van der Waals surface area contributed by atoms with Crippen molar-refractivity contribution < 1.29 is 4.79 Å². The van der Waals surface area contributed by atoms with Crippen LogP contribution in [0.1, 0.15) is 10.4 Å². The van der Waals surface area contributed by atoms with Gasteiger partial charge in [-0.15, -0.1) is 0 Å². The molecule has 3 N–H and O–H groups in total. The van der Waals surface area contributed by atoms with Crippen LogP contribution in [0.4, 0.5) is 11.6 Å². The average molecular weight is 217 g/mol. The van der Waals surface area contributed by atoms with Crippen molar-refractivity contribution >= 4 is 17.5 Å². The number of rotatable bonds is 3. The summed E-state index contributed by atoms with van der Waals surface area (Å²) in [5, 5.41) is 5.55. The molecule has 0 aliphatic carbocycles. The van der Waals surface area contributed by atoms with E-state index in [0.717, 1.165) is 5.69 Å². The molecule has 0 saturated carbocycles. The van der Waals surface area contributed by atoms with Crippen LogP contribution >= 0.6 is 0 Å². The summed E-state index contributed by atoms with van der Waals surface area (Å²) >= 11 is 0. The Hall–Kier alpha value is -2.37. The lowest BCUT2D eigenvalue weighted by atomic mass is 10.2. The zero-order chi connectivity index (χ0) is 11.4. The molecule has 16 heavy (non-hydrogen) atoms. The van der Waals surface area contributed by atoms with Crippen LogP contribution in [0.3, 0.4) is 0 Å². The Morgan fingerprint density at radius 2 is 2.31 bits per heavy atom. The Bertz CT molecular complexity index is 480. The molecule has 0 aliphatic rings. The highest BCUT2D eigenvalue weighted by Gasteiger charge is 2.11. The van der Waals surface area contributed by atoms with Crippen molar-refractivity contribution in [3.05, 3.63) is 36.4 Å². The number of amides is 1. The number of hydrogen-bond donors (Lipinski definition) is 3. The highest BCUT2D eigenvalue weighted by Crippen LogP contribution is 2.13. The van der Waals surface area contributed by atoms with Gasteiger partial charge < -0.3 is 10.3 Å². The van der Waals surface area contributed by atoms with Crippen LogP contribution in [0.5, 0.6) is 0 Å². The van der Waals surface area contributed by atoms with Crippen LogP contribution in [-0.2, 0) is 0 Å². The third-order valence-electron chi connectivity index (χ3n) is 2.07. The molecule has 6 nitrogen and oxygen atoms in total. The molecule has 0 bridgehead atoms. The van der Waals surface area contributed by atoms with Crippen LogP contribution in [0.25, 0.3) is 0 Å². The fourth-order valence-electron chi connectivity index (χ4n) is 1.30. The van der Waals surface area contributed by atoms with E-state index >= 15 is 0 Å².